The van der Waals surface area contributed by atoms with Crippen LogP contribution in [-0.2, 0) is 0 Å². The number of nitrogens with zero attached hydrogens (tertiary/aromatic N) is 1. The summed E-state index contributed by atoms with van der Waals surface area (Å²) in [7, 11) is 0. The molecule has 13 heavy (non-hydrogen) atoms. The molecule has 3 heteroatoms. The van der Waals surface area contributed by atoms with Gasteiger partial charge in [-0.25, -0.2) is 0 Å². The van der Waals surface area contributed by atoms with E-state index in [1.165, 1.54) is 17.0 Å². The van der Waals surface area contributed by atoms with Crippen LogP contribution in [-0.4, -0.2) is 17.8 Å². The molecule has 0 aliphatic carbocycles. The van der Waals surface area contributed by atoms with Gasteiger partial charge in [-0.15, -0.1) is 11.8 Å². The molecule has 1 nitrogen and oxygen atoms in total. The van der Waals surface area contributed by atoms with Crippen LogP contribution in [0.5, 0.6) is 0 Å². The Morgan fingerprint density at radius 1 is 1.38 bits per heavy atom. The van der Waals surface area contributed by atoms with Gasteiger partial charge in [0.1, 0.15) is 0 Å². The van der Waals surface area contributed by atoms with Gasteiger partial charge < -0.3 is 4.90 Å². The van der Waals surface area contributed by atoms with E-state index in [0.717, 1.165) is 17.8 Å². The third-order valence-corrected chi connectivity index (χ3v) is 3.80. The number of fused-ring (bicyclic) bond motifs is 1. The molecule has 1 aliphatic rings. The number of rotatable bonds is 3. The van der Waals surface area contributed by atoms with Gasteiger partial charge in [0.25, 0.3) is 0 Å². The highest BCUT2D eigenvalue weighted by Crippen LogP contribution is 2.37. The highest BCUT2D eigenvalue weighted by Gasteiger charge is 2.17. The largest absolute Gasteiger partial charge is 0.361 e. The number of halogens is 1. The van der Waals surface area contributed by atoms with E-state index in [2.05, 4.69) is 45.1 Å². The van der Waals surface area contributed by atoms with Crippen LogP contribution in [0.15, 0.2) is 29.2 Å². The van der Waals surface area contributed by atoms with E-state index in [-0.39, 0.29) is 0 Å². The van der Waals surface area contributed by atoms with Gasteiger partial charge in [0.15, 0.2) is 0 Å². The smallest absolute Gasteiger partial charge is 0.0686 e. The molecule has 0 radical (unpaired) electrons. The van der Waals surface area contributed by atoms with Gasteiger partial charge in [-0.2, -0.15) is 0 Å². The molecule has 0 saturated heterocycles. The number of benzene rings is 1. The Morgan fingerprint density at radius 2 is 2.23 bits per heavy atom. The Hall–Kier alpha value is -0.150. The molecule has 2 rings (SSSR count). The fourth-order valence-corrected chi connectivity index (χ4v) is 2.83. The molecule has 0 amide bonds. The summed E-state index contributed by atoms with van der Waals surface area (Å²) < 4.78 is 0. The topological polar surface area (TPSA) is 3.24 Å². The van der Waals surface area contributed by atoms with Crippen molar-refractivity contribution in [3.63, 3.8) is 0 Å². The lowest BCUT2D eigenvalue weighted by Gasteiger charge is -2.17. The first-order valence-electron chi connectivity index (χ1n) is 4.44. The van der Waals surface area contributed by atoms with E-state index in [9.17, 15) is 0 Å². The molecule has 1 heterocycles. The van der Waals surface area contributed by atoms with Gasteiger partial charge in [0.2, 0.25) is 0 Å². The Balaban J connectivity index is 2.09. The predicted octanol–water partition coefficient (Wildman–Crippen LogP) is 3.34. The maximum absolute atomic E-state index is 3.46. The summed E-state index contributed by atoms with van der Waals surface area (Å²) >= 11 is 5.40. The Bertz CT molecular complexity index is 290. The van der Waals surface area contributed by atoms with Crippen LogP contribution in [0.3, 0.4) is 0 Å². The van der Waals surface area contributed by atoms with Crippen LogP contribution in [0.1, 0.15) is 6.42 Å². The first-order chi connectivity index (χ1) is 6.42. The minimum absolute atomic E-state index is 1.09. The molecular formula is C10H12BrNS. The summed E-state index contributed by atoms with van der Waals surface area (Å²) in [5.41, 5.74) is 1.41. The quantitative estimate of drug-likeness (QED) is 0.765. The van der Waals surface area contributed by atoms with Crippen molar-refractivity contribution in [2.45, 2.75) is 11.3 Å². The SMILES string of the molecule is BrCCCN1CSc2ccccc21. The van der Waals surface area contributed by atoms with Crippen LogP contribution in [0.4, 0.5) is 5.69 Å². The van der Waals surface area contributed by atoms with Gasteiger partial charge in [-0.3, -0.25) is 0 Å². The molecule has 1 aromatic carbocycles. The van der Waals surface area contributed by atoms with Crippen LogP contribution >= 0.6 is 27.7 Å². The minimum Gasteiger partial charge on any atom is -0.361 e. The third-order valence-electron chi connectivity index (χ3n) is 2.14. The van der Waals surface area contributed by atoms with Gasteiger partial charge in [0, 0.05) is 16.8 Å². The standard InChI is InChI=1S/C10H12BrNS/c11-6-3-7-12-8-13-10-5-2-1-4-9(10)12/h1-2,4-5H,3,6-8H2. The highest BCUT2D eigenvalue weighted by molar-refractivity contribution is 9.09. The van der Waals surface area contributed by atoms with Crippen molar-refractivity contribution in [3.05, 3.63) is 24.3 Å². The van der Waals surface area contributed by atoms with E-state index >= 15 is 0 Å². The second-order valence-electron chi connectivity index (χ2n) is 3.05. The summed E-state index contributed by atoms with van der Waals surface area (Å²) in [6, 6.07) is 8.64. The monoisotopic (exact) mass is 257 g/mol. The third kappa shape index (κ3) is 2.02. The lowest BCUT2D eigenvalue weighted by atomic mass is 10.3. The van der Waals surface area contributed by atoms with E-state index in [4.69, 9.17) is 0 Å². The van der Waals surface area contributed by atoms with Crippen LogP contribution in [0.25, 0.3) is 0 Å². The Morgan fingerprint density at radius 3 is 3.08 bits per heavy atom. The zero-order valence-corrected chi connectivity index (χ0v) is 9.77. The first-order valence-corrected chi connectivity index (χ1v) is 6.55. The van der Waals surface area contributed by atoms with E-state index < -0.39 is 0 Å². The lowest BCUT2D eigenvalue weighted by Crippen LogP contribution is -2.20. The number of anilines is 1. The van der Waals surface area contributed by atoms with Crippen molar-refractivity contribution in [2.75, 3.05) is 22.7 Å². The number of hydrogen-bond donors (Lipinski definition) is 0. The van der Waals surface area contributed by atoms with Crippen molar-refractivity contribution in [3.8, 4) is 0 Å². The molecule has 70 valence electrons. The number of thioether (sulfide) groups is 1. The fourth-order valence-electron chi connectivity index (χ4n) is 1.49. The second-order valence-corrected chi connectivity index (χ2v) is 4.83. The molecule has 0 unspecified atom stereocenters. The molecule has 0 bridgehead atoms. The Labute approximate surface area is 91.6 Å². The maximum Gasteiger partial charge on any atom is 0.0686 e. The van der Waals surface area contributed by atoms with Gasteiger partial charge in [-0.1, -0.05) is 28.1 Å². The van der Waals surface area contributed by atoms with E-state index in [1.807, 2.05) is 11.8 Å². The predicted molar refractivity (Wildman–Crippen MR) is 62.9 cm³/mol. The summed E-state index contributed by atoms with van der Waals surface area (Å²) in [6.07, 6.45) is 1.22. The van der Waals surface area contributed by atoms with Crippen LogP contribution in [0.2, 0.25) is 0 Å². The van der Waals surface area contributed by atoms with Crippen LogP contribution in [0, 0.1) is 0 Å². The average Bonchev–Trinajstić information content (AvgIpc) is 2.58. The fraction of sp³-hybridized carbons (Fsp3) is 0.400. The summed E-state index contributed by atoms with van der Waals surface area (Å²) in [5, 5.41) is 1.09. The molecule has 0 N–H and O–H groups in total. The van der Waals surface area contributed by atoms with Crippen molar-refractivity contribution < 1.29 is 0 Å². The van der Waals surface area contributed by atoms with Gasteiger partial charge in [0.05, 0.1) is 11.6 Å². The summed E-state index contributed by atoms with van der Waals surface area (Å²) in [4.78, 5) is 3.87. The van der Waals surface area contributed by atoms with Crippen LogP contribution < -0.4 is 4.90 Å². The zero-order chi connectivity index (χ0) is 9.10. The second kappa shape index (κ2) is 4.38. The molecular weight excluding hydrogens is 246 g/mol. The van der Waals surface area contributed by atoms with Crippen molar-refractivity contribution in [2.24, 2.45) is 0 Å². The minimum atomic E-state index is 1.09. The van der Waals surface area contributed by atoms with Crippen molar-refractivity contribution in [1.29, 1.82) is 0 Å². The van der Waals surface area contributed by atoms with E-state index in [0.29, 0.717) is 0 Å². The molecule has 0 saturated carbocycles. The molecule has 0 fully saturated rings. The average molecular weight is 258 g/mol. The number of para-hydroxylation sites is 1. The van der Waals surface area contributed by atoms with Crippen molar-refractivity contribution in [1.82, 2.24) is 0 Å². The maximum atomic E-state index is 3.46. The molecule has 0 aromatic heterocycles. The molecule has 1 aromatic rings. The molecule has 1 aliphatic heterocycles. The van der Waals surface area contributed by atoms with Gasteiger partial charge in [-0.05, 0) is 18.6 Å². The lowest BCUT2D eigenvalue weighted by molar-refractivity contribution is 0.853. The molecule has 0 spiro atoms. The normalized spacial score (nSPS) is 14.7. The number of hydrogen-bond acceptors (Lipinski definition) is 2. The van der Waals surface area contributed by atoms with E-state index in [1.54, 1.807) is 0 Å². The number of alkyl halides is 1. The molecule has 0 atom stereocenters. The first kappa shape index (κ1) is 9.41. The summed E-state index contributed by atoms with van der Waals surface area (Å²) in [5.74, 6) is 1.12. The van der Waals surface area contributed by atoms with Crippen molar-refractivity contribution >= 4 is 33.4 Å². The van der Waals surface area contributed by atoms with Gasteiger partial charge >= 0.3 is 0 Å². The highest BCUT2D eigenvalue weighted by atomic mass is 79.9. The zero-order valence-electron chi connectivity index (χ0n) is 7.37. The summed E-state index contributed by atoms with van der Waals surface area (Å²) in [6.45, 7) is 1.16. The Kier molecular flexibility index (Phi) is 3.17.